The molecule has 0 unspecified atom stereocenters. The number of fused-ring (bicyclic) bond motifs is 6. The number of allylic oxidation sites excluding steroid dienone is 3. The van der Waals surface area contributed by atoms with E-state index in [0.29, 0.717) is 24.0 Å². The molecule has 0 bridgehead atoms. The highest BCUT2D eigenvalue weighted by Crippen LogP contribution is 2.38. The second-order valence-electron chi connectivity index (χ2n) is 11.1. The van der Waals surface area contributed by atoms with Gasteiger partial charge in [0, 0.05) is 34.6 Å². The first-order valence-corrected chi connectivity index (χ1v) is 15.0. The maximum absolute atomic E-state index is 5.17. The van der Waals surface area contributed by atoms with Crippen LogP contribution in [0, 0.1) is 0 Å². The number of para-hydroxylation sites is 1. The number of hydrogen-bond donors (Lipinski definition) is 0. The molecule has 0 saturated heterocycles. The smallest absolute Gasteiger partial charge is 0.215 e. The summed E-state index contributed by atoms with van der Waals surface area (Å²) < 4.78 is 2.29. The van der Waals surface area contributed by atoms with Gasteiger partial charge in [-0.3, -0.25) is 4.57 Å². The Labute approximate surface area is 259 Å². The number of hydrogen-bond acceptors (Lipinski definition) is 5. The Morgan fingerprint density at radius 1 is 0.556 bits per heavy atom. The maximum atomic E-state index is 5.17. The normalized spacial score (nSPS) is 14.4. The average Bonchev–Trinajstić information content (AvgIpc) is 3.46. The molecule has 0 N–H and O–H groups in total. The van der Waals surface area contributed by atoms with Crippen LogP contribution in [0.3, 0.4) is 0 Å². The van der Waals surface area contributed by atoms with Crippen LogP contribution in [0.15, 0.2) is 156 Å². The van der Waals surface area contributed by atoms with Gasteiger partial charge in [-0.1, -0.05) is 121 Å². The van der Waals surface area contributed by atoms with E-state index < -0.39 is 0 Å². The van der Waals surface area contributed by atoms with Crippen molar-refractivity contribution in [1.29, 1.82) is 0 Å². The Hall–Kier alpha value is -6.14. The van der Waals surface area contributed by atoms with Gasteiger partial charge in [-0.15, -0.1) is 0 Å². The molecular weight excluding hydrogens is 552 g/mol. The Morgan fingerprint density at radius 3 is 1.96 bits per heavy atom. The minimum absolute atomic E-state index is 0.588. The molecule has 7 aromatic rings. The molecule has 0 atom stereocenters. The predicted octanol–water partition coefficient (Wildman–Crippen LogP) is 8.48. The molecule has 2 aliphatic rings. The molecule has 0 amide bonds. The minimum atomic E-state index is 0.588. The van der Waals surface area contributed by atoms with Crippen molar-refractivity contribution in [3.8, 4) is 22.8 Å². The van der Waals surface area contributed by atoms with Crippen LogP contribution in [-0.4, -0.2) is 36.9 Å². The zero-order valence-electron chi connectivity index (χ0n) is 24.2. The molecule has 0 fully saturated rings. The Balaban J connectivity index is 1.28. The quantitative estimate of drug-likeness (QED) is 0.211. The van der Waals surface area contributed by atoms with Crippen LogP contribution in [0.1, 0.15) is 5.82 Å². The molecular formula is C39H26N6. The third-order valence-electron chi connectivity index (χ3n) is 8.50. The molecule has 2 aromatic heterocycles. The molecule has 9 rings (SSSR count). The number of aliphatic imine (C=N–C) groups is 1. The highest BCUT2D eigenvalue weighted by molar-refractivity contribution is 6.23. The molecule has 0 radical (unpaired) electrons. The average molecular weight is 579 g/mol. The van der Waals surface area contributed by atoms with Gasteiger partial charge in [0.1, 0.15) is 0 Å². The second-order valence-corrected chi connectivity index (χ2v) is 11.1. The summed E-state index contributed by atoms with van der Waals surface area (Å²) in [5, 5.41) is 4.90. The van der Waals surface area contributed by atoms with Crippen molar-refractivity contribution in [1.82, 2.24) is 24.4 Å². The molecule has 212 valence electrons. The summed E-state index contributed by atoms with van der Waals surface area (Å²) in [6.45, 7) is 0.672. The van der Waals surface area contributed by atoms with E-state index >= 15 is 0 Å². The van der Waals surface area contributed by atoms with Crippen LogP contribution in [0.2, 0.25) is 0 Å². The van der Waals surface area contributed by atoms with Crippen LogP contribution >= 0.6 is 0 Å². The van der Waals surface area contributed by atoms with E-state index in [1.54, 1.807) is 0 Å². The molecule has 4 heterocycles. The predicted molar refractivity (Wildman–Crippen MR) is 182 cm³/mol. The van der Waals surface area contributed by atoms with Crippen LogP contribution in [0.25, 0.3) is 60.9 Å². The van der Waals surface area contributed by atoms with Crippen LogP contribution in [0.5, 0.6) is 0 Å². The fourth-order valence-corrected chi connectivity index (χ4v) is 6.43. The first-order valence-electron chi connectivity index (χ1n) is 15.0. The summed E-state index contributed by atoms with van der Waals surface area (Å²) in [6.07, 6.45) is 8.29. The van der Waals surface area contributed by atoms with E-state index in [2.05, 4.69) is 88.4 Å². The highest BCUT2D eigenvalue weighted by atomic mass is 15.3. The van der Waals surface area contributed by atoms with Crippen molar-refractivity contribution in [2.75, 3.05) is 6.54 Å². The lowest BCUT2D eigenvalue weighted by Crippen LogP contribution is -2.38. The zero-order chi connectivity index (χ0) is 29.7. The number of benzene rings is 5. The molecule has 6 heteroatoms. The van der Waals surface area contributed by atoms with Crippen molar-refractivity contribution in [2.24, 2.45) is 4.99 Å². The van der Waals surface area contributed by atoms with Crippen molar-refractivity contribution in [2.45, 2.75) is 0 Å². The van der Waals surface area contributed by atoms with Crippen molar-refractivity contribution in [3.05, 3.63) is 157 Å². The van der Waals surface area contributed by atoms with Gasteiger partial charge in [-0.05, 0) is 29.0 Å². The standard InChI is InChI=1S/C39H26N6/c1-3-14-27(15-4-1)36-41-37(28-16-5-2-6-17-28)43-38(42-36)31-25-40-39(44-24-12-11-20-32(31)44)45-33-21-10-9-19-30(33)35-29-18-8-7-13-26(29)22-23-34(35)45/h1-23,25H,24H2. The van der Waals surface area contributed by atoms with Gasteiger partial charge in [0.25, 0.3) is 0 Å². The first-order chi connectivity index (χ1) is 22.3. The van der Waals surface area contributed by atoms with Gasteiger partial charge in [0.15, 0.2) is 17.5 Å². The Kier molecular flexibility index (Phi) is 5.77. The Morgan fingerprint density at radius 2 is 1.20 bits per heavy atom. The van der Waals surface area contributed by atoms with Gasteiger partial charge in [0.05, 0.1) is 22.3 Å². The second kappa shape index (κ2) is 10.2. The lowest BCUT2D eigenvalue weighted by atomic mass is 10.0. The summed E-state index contributed by atoms with van der Waals surface area (Å²) in [6, 6.07) is 41.7. The van der Waals surface area contributed by atoms with Gasteiger partial charge < -0.3 is 4.90 Å². The van der Waals surface area contributed by atoms with E-state index in [0.717, 1.165) is 39.4 Å². The van der Waals surface area contributed by atoms with E-state index in [-0.39, 0.29) is 0 Å². The molecule has 0 saturated carbocycles. The summed E-state index contributed by atoms with van der Waals surface area (Å²) in [4.78, 5) is 22.3. The highest BCUT2D eigenvalue weighted by Gasteiger charge is 2.30. The fraction of sp³-hybridized carbons (Fsp3) is 0.0256. The first kappa shape index (κ1) is 25.4. The number of rotatable bonds is 3. The lowest BCUT2D eigenvalue weighted by Gasteiger charge is -2.33. The van der Waals surface area contributed by atoms with Crippen LogP contribution in [0.4, 0.5) is 0 Å². The largest absolute Gasteiger partial charge is 0.307 e. The fourth-order valence-electron chi connectivity index (χ4n) is 6.43. The third-order valence-corrected chi connectivity index (χ3v) is 8.50. The lowest BCUT2D eigenvalue weighted by molar-refractivity contribution is 0.561. The number of nitrogens with zero attached hydrogens (tertiary/aromatic N) is 6. The van der Waals surface area contributed by atoms with E-state index in [4.69, 9.17) is 19.9 Å². The van der Waals surface area contributed by atoms with Crippen LogP contribution in [-0.2, 0) is 0 Å². The van der Waals surface area contributed by atoms with Gasteiger partial charge in [0.2, 0.25) is 5.96 Å². The third kappa shape index (κ3) is 4.11. The summed E-state index contributed by atoms with van der Waals surface area (Å²) in [5.74, 6) is 2.69. The van der Waals surface area contributed by atoms with E-state index in [1.165, 1.54) is 21.5 Å². The molecule has 0 aliphatic carbocycles. The van der Waals surface area contributed by atoms with Crippen molar-refractivity contribution < 1.29 is 0 Å². The maximum Gasteiger partial charge on any atom is 0.215 e. The zero-order valence-corrected chi connectivity index (χ0v) is 24.2. The van der Waals surface area contributed by atoms with E-state index in [9.17, 15) is 0 Å². The topological polar surface area (TPSA) is 59.2 Å². The minimum Gasteiger partial charge on any atom is -0.307 e. The van der Waals surface area contributed by atoms with Gasteiger partial charge in [-0.2, -0.15) is 0 Å². The van der Waals surface area contributed by atoms with Crippen LogP contribution < -0.4 is 0 Å². The summed E-state index contributed by atoms with van der Waals surface area (Å²) in [5.41, 5.74) is 5.96. The molecule has 5 aromatic carbocycles. The Bertz CT molecular complexity index is 2340. The van der Waals surface area contributed by atoms with E-state index in [1.807, 2.05) is 66.9 Å². The van der Waals surface area contributed by atoms with Crippen molar-refractivity contribution in [3.63, 3.8) is 0 Å². The van der Waals surface area contributed by atoms with Gasteiger partial charge in [-0.25, -0.2) is 19.9 Å². The molecule has 0 spiro atoms. The number of aromatic nitrogens is 4. The molecule has 45 heavy (non-hydrogen) atoms. The van der Waals surface area contributed by atoms with Gasteiger partial charge >= 0.3 is 0 Å². The molecule has 6 nitrogen and oxygen atoms in total. The monoisotopic (exact) mass is 578 g/mol. The molecule has 2 aliphatic heterocycles. The SMILES string of the molecule is C1=CCN2C(=C1)C(c1nc(-c3ccccc3)nc(-c3ccccc3)n1)=CN=C2n1c2ccccc2c2c3ccccc3ccc21. The van der Waals surface area contributed by atoms with Crippen molar-refractivity contribution >= 4 is 44.1 Å². The summed E-state index contributed by atoms with van der Waals surface area (Å²) in [7, 11) is 0. The summed E-state index contributed by atoms with van der Waals surface area (Å²) >= 11 is 0.